The van der Waals surface area contributed by atoms with E-state index in [0.717, 1.165) is 36.8 Å². The summed E-state index contributed by atoms with van der Waals surface area (Å²) in [5.41, 5.74) is 2.07. The number of hydrogen-bond acceptors (Lipinski definition) is 5. The molecule has 26 heavy (non-hydrogen) atoms. The molecule has 0 aliphatic heterocycles. The van der Waals surface area contributed by atoms with Gasteiger partial charge < -0.3 is 9.47 Å². The maximum Gasteiger partial charge on any atom is 0.146 e. The summed E-state index contributed by atoms with van der Waals surface area (Å²) in [4.78, 5) is 4.05. The summed E-state index contributed by atoms with van der Waals surface area (Å²) >= 11 is 0. The van der Waals surface area contributed by atoms with E-state index in [1.165, 1.54) is 0 Å². The van der Waals surface area contributed by atoms with Crippen molar-refractivity contribution in [1.82, 2.24) is 4.98 Å². The van der Waals surface area contributed by atoms with Gasteiger partial charge in [0.25, 0.3) is 0 Å². The van der Waals surface area contributed by atoms with Crippen LogP contribution < -0.4 is 9.47 Å². The van der Waals surface area contributed by atoms with Gasteiger partial charge in [0.2, 0.25) is 0 Å². The van der Waals surface area contributed by atoms with Gasteiger partial charge in [0.15, 0.2) is 0 Å². The number of pyridine rings is 1. The average molecular weight is 349 g/mol. The molecule has 1 aromatic carbocycles. The first-order valence-corrected chi connectivity index (χ1v) is 8.93. The molecule has 0 saturated heterocycles. The molecule has 0 unspecified atom stereocenters. The lowest BCUT2D eigenvalue weighted by atomic mass is 9.97. The third-order valence-electron chi connectivity index (χ3n) is 3.96. The fourth-order valence-corrected chi connectivity index (χ4v) is 2.51. The third kappa shape index (κ3) is 4.52. The van der Waals surface area contributed by atoms with Crippen molar-refractivity contribution in [2.24, 2.45) is 0 Å². The quantitative estimate of drug-likeness (QED) is 0.605. The van der Waals surface area contributed by atoms with Crippen LogP contribution in [0.5, 0.6) is 11.5 Å². The zero-order valence-corrected chi connectivity index (χ0v) is 15.3. The minimum Gasteiger partial charge on any atom is -0.492 e. The van der Waals surface area contributed by atoms with E-state index in [2.05, 4.69) is 31.0 Å². The van der Waals surface area contributed by atoms with Gasteiger partial charge in [0.1, 0.15) is 34.8 Å². The first-order valence-electron chi connectivity index (χ1n) is 8.93. The molecular weight excluding hydrogens is 326 g/mol. The average Bonchev–Trinajstić information content (AvgIpc) is 2.68. The highest BCUT2D eigenvalue weighted by molar-refractivity contribution is 5.78. The molecule has 0 spiro atoms. The van der Waals surface area contributed by atoms with Gasteiger partial charge in [-0.3, -0.25) is 4.98 Å². The number of nitrogens with zero attached hydrogens (tertiary/aromatic N) is 3. The smallest absolute Gasteiger partial charge is 0.146 e. The van der Waals surface area contributed by atoms with Crippen LogP contribution in [0.25, 0.3) is 11.1 Å². The van der Waals surface area contributed by atoms with Crippen LogP contribution in [0.15, 0.2) is 30.6 Å². The van der Waals surface area contributed by atoms with Gasteiger partial charge in [0.05, 0.1) is 13.2 Å². The number of unbranched alkanes of at least 4 members (excludes halogenated alkanes) is 2. The second-order valence-corrected chi connectivity index (χ2v) is 5.86. The van der Waals surface area contributed by atoms with E-state index in [0.29, 0.717) is 24.7 Å². The fraction of sp³-hybridized carbons (Fsp3) is 0.381. The number of aromatic nitrogens is 1. The SMILES string of the molecule is CCCCOc1cc(-c2ccncc2)c(OCCCC)c(C#N)c1C#N. The summed E-state index contributed by atoms with van der Waals surface area (Å²) in [6, 6.07) is 9.75. The van der Waals surface area contributed by atoms with E-state index in [1.54, 1.807) is 18.5 Å². The molecule has 5 nitrogen and oxygen atoms in total. The zero-order chi connectivity index (χ0) is 18.8. The maximum atomic E-state index is 9.71. The van der Waals surface area contributed by atoms with Crippen LogP contribution in [0.1, 0.15) is 50.7 Å². The number of ether oxygens (including phenoxy) is 2. The van der Waals surface area contributed by atoms with E-state index >= 15 is 0 Å². The molecule has 0 atom stereocenters. The van der Waals surface area contributed by atoms with E-state index in [9.17, 15) is 10.5 Å². The van der Waals surface area contributed by atoms with Crippen molar-refractivity contribution >= 4 is 0 Å². The summed E-state index contributed by atoms with van der Waals surface area (Å²) in [6.07, 6.45) is 7.10. The number of nitriles is 2. The predicted octanol–water partition coefficient (Wildman–Crippen LogP) is 4.85. The minimum atomic E-state index is 0.226. The van der Waals surface area contributed by atoms with Crippen molar-refractivity contribution in [3.8, 4) is 34.8 Å². The highest BCUT2D eigenvalue weighted by atomic mass is 16.5. The minimum absolute atomic E-state index is 0.226. The van der Waals surface area contributed by atoms with Gasteiger partial charge in [-0.15, -0.1) is 0 Å². The Bertz CT molecular complexity index is 805. The van der Waals surface area contributed by atoms with Crippen molar-refractivity contribution < 1.29 is 9.47 Å². The molecule has 0 N–H and O–H groups in total. The summed E-state index contributed by atoms with van der Waals surface area (Å²) in [5, 5.41) is 19.3. The highest BCUT2D eigenvalue weighted by Crippen LogP contribution is 2.40. The van der Waals surface area contributed by atoms with Gasteiger partial charge in [-0.05, 0) is 36.6 Å². The van der Waals surface area contributed by atoms with Crippen molar-refractivity contribution in [3.63, 3.8) is 0 Å². The molecule has 0 aliphatic rings. The molecule has 0 fully saturated rings. The van der Waals surface area contributed by atoms with Crippen LogP contribution in [0.2, 0.25) is 0 Å². The lowest BCUT2D eigenvalue weighted by Crippen LogP contribution is -2.05. The van der Waals surface area contributed by atoms with Gasteiger partial charge in [-0.25, -0.2) is 0 Å². The highest BCUT2D eigenvalue weighted by Gasteiger charge is 2.21. The Kier molecular flexibility index (Phi) is 7.46. The number of rotatable bonds is 9. The van der Waals surface area contributed by atoms with Crippen LogP contribution in [0.4, 0.5) is 0 Å². The Balaban J connectivity index is 2.59. The van der Waals surface area contributed by atoms with Crippen LogP contribution in [0.3, 0.4) is 0 Å². The molecule has 134 valence electrons. The van der Waals surface area contributed by atoms with Crippen molar-refractivity contribution in [3.05, 3.63) is 41.7 Å². The fourth-order valence-electron chi connectivity index (χ4n) is 2.51. The first-order chi connectivity index (χ1) is 12.8. The largest absolute Gasteiger partial charge is 0.492 e. The van der Waals surface area contributed by atoms with Crippen molar-refractivity contribution in [2.45, 2.75) is 39.5 Å². The van der Waals surface area contributed by atoms with Crippen LogP contribution in [0, 0.1) is 22.7 Å². The normalized spacial score (nSPS) is 10.0. The van der Waals surface area contributed by atoms with Crippen molar-refractivity contribution in [1.29, 1.82) is 10.5 Å². The van der Waals surface area contributed by atoms with E-state index in [-0.39, 0.29) is 11.1 Å². The van der Waals surface area contributed by atoms with Crippen LogP contribution in [-0.2, 0) is 0 Å². The maximum absolute atomic E-state index is 9.71. The molecule has 0 aliphatic carbocycles. The Morgan fingerprint density at radius 1 is 0.923 bits per heavy atom. The monoisotopic (exact) mass is 349 g/mol. The Morgan fingerprint density at radius 3 is 2.12 bits per heavy atom. The lowest BCUT2D eigenvalue weighted by molar-refractivity contribution is 0.300. The summed E-state index contributed by atoms with van der Waals surface area (Å²) in [5.74, 6) is 0.860. The Labute approximate surface area is 154 Å². The van der Waals surface area contributed by atoms with Gasteiger partial charge >= 0.3 is 0 Å². The summed E-state index contributed by atoms with van der Waals surface area (Å²) in [7, 11) is 0. The molecule has 1 aromatic heterocycles. The molecular formula is C21H23N3O2. The number of benzene rings is 1. The van der Waals surface area contributed by atoms with Gasteiger partial charge in [-0.2, -0.15) is 10.5 Å². The second kappa shape index (κ2) is 10.1. The lowest BCUT2D eigenvalue weighted by Gasteiger charge is -2.17. The molecule has 0 radical (unpaired) electrons. The van der Waals surface area contributed by atoms with Crippen molar-refractivity contribution in [2.75, 3.05) is 13.2 Å². The Hall–Kier alpha value is -3.05. The Morgan fingerprint density at radius 2 is 1.54 bits per heavy atom. The first kappa shape index (κ1) is 19.3. The molecule has 0 bridgehead atoms. The molecule has 2 aromatic rings. The predicted molar refractivity (Wildman–Crippen MR) is 99.9 cm³/mol. The second-order valence-electron chi connectivity index (χ2n) is 5.86. The van der Waals surface area contributed by atoms with Gasteiger partial charge in [0, 0.05) is 18.0 Å². The summed E-state index contributed by atoms with van der Waals surface area (Å²) < 4.78 is 11.7. The van der Waals surface area contributed by atoms with Gasteiger partial charge in [-0.1, -0.05) is 26.7 Å². The van der Waals surface area contributed by atoms with E-state index in [1.807, 2.05) is 12.1 Å². The van der Waals surface area contributed by atoms with Crippen LogP contribution >= 0.6 is 0 Å². The van der Waals surface area contributed by atoms with E-state index < -0.39 is 0 Å². The van der Waals surface area contributed by atoms with Crippen LogP contribution in [-0.4, -0.2) is 18.2 Å². The third-order valence-corrected chi connectivity index (χ3v) is 3.96. The molecule has 0 saturated carbocycles. The summed E-state index contributed by atoms with van der Waals surface area (Å²) in [6.45, 7) is 5.14. The van der Waals surface area contributed by atoms with E-state index in [4.69, 9.17) is 9.47 Å². The standard InChI is InChI=1S/C21H23N3O2/c1-3-5-11-25-20-13-17(16-7-9-24-10-8-16)21(26-12-6-4-2)19(15-23)18(20)14-22/h7-10,13H,3-6,11-12H2,1-2H3. The molecule has 0 amide bonds. The molecule has 1 heterocycles. The molecule has 2 rings (SSSR count). The molecule has 5 heteroatoms. The topological polar surface area (TPSA) is 78.9 Å². The number of hydrogen-bond donors (Lipinski definition) is 0. The zero-order valence-electron chi connectivity index (χ0n) is 15.3.